The third-order valence-corrected chi connectivity index (χ3v) is 5.76. The monoisotopic (exact) mass is 332 g/mol. The van der Waals surface area contributed by atoms with Crippen molar-refractivity contribution in [3.05, 3.63) is 0 Å². The van der Waals surface area contributed by atoms with E-state index in [1.165, 1.54) is 64.2 Å². The van der Waals surface area contributed by atoms with Gasteiger partial charge in [0.2, 0.25) is 0 Å². The fraction of sp³-hybridized carbons (Fsp3) is 0.864. The summed E-state index contributed by atoms with van der Waals surface area (Å²) < 4.78 is 5.53. The van der Waals surface area contributed by atoms with Gasteiger partial charge in [0.15, 0.2) is 0 Å². The number of hydrogen-bond donors (Lipinski definition) is 0. The summed E-state index contributed by atoms with van der Waals surface area (Å²) in [4.78, 5) is 11.9. The lowest BCUT2D eigenvalue weighted by atomic mass is 10.1. The highest BCUT2D eigenvalue weighted by Gasteiger charge is 2.49. The molecule has 0 aliphatic heterocycles. The molecule has 3 atom stereocenters. The number of esters is 1. The topological polar surface area (TPSA) is 26.3 Å². The van der Waals surface area contributed by atoms with Gasteiger partial charge in [-0.15, -0.1) is 11.8 Å². The zero-order valence-electron chi connectivity index (χ0n) is 15.7. The lowest BCUT2D eigenvalue weighted by Gasteiger charge is -2.05. The van der Waals surface area contributed by atoms with Crippen molar-refractivity contribution in [3.63, 3.8) is 0 Å². The quantitative estimate of drug-likeness (QED) is 0.253. The maximum atomic E-state index is 11.9. The summed E-state index contributed by atoms with van der Waals surface area (Å²) >= 11 is 0. The van der Waals surface area contributed by atoms with Crippen LogP contribution in [0.5, 0.6) is 0 Å². The van der Waals surface area contributed by atoms with Crippen molar-refractivity contribution >= 4 is 5.97 Å². The first kappa shape index (κ1) is 19.4. The molecular weight excluding hydrogens is 296 g/mol. The Hall–Kier alpha value is -0.970. The molecule has 0 aromatic heterocycles. The summed E-state index contributed by atoms with van der Waals surface area (Å²) in [7, 11) is 0. The van der Waals surface area contributed by atoms with Crippen LogP contribution in [0.4, 0.5) is 0 Å². The van der Waals surface area contributed by atoms with Crippen molar-refractivity contribution in [1.29, 1.82) is 0 Å². The van der Waals surface area contributed by atoms with Gasteiger partial charge in [0.1, 0.15) is 0 Å². The van der Waals surface area contributed by atoms with Crippen molar-refractivity contribution in [2.75, 3.05) is 6.61 Å². The molecule has 2 aliphatic carbocycles. The Labute approximate surface area is 149 Å². The Bertz CT molecular complexity index is 399. The molecule has 0 aromatic carbocycles. The van der Waals surface area contributed by atoms with Gasteiger partial charge in [-0.1, -0.05) is 58.3 Å². The largest absolute Gasteiger partial charge is 0.465 e. The fourth-order valence-corrected chi connectivity index (χ4v) is 4.12. The third-order valence-electron chi connectivity index (χ3n) is 5.76. The Morgan fingerprint density at radius 1 is 0.875 bits per heavy atom. The maximum Gasteiger partial charge on any atom is 0.305 e. The van der Waals surface area contributed by atoms with Crippen LogP contribution < -0.4 is 0 Å². The third kappa shape index (κ3) is 7.29. The SMILES string of the molecule is CCCCCCCCCCCC(=O)OCC1[C@H]2CCC#CCC[C@@H]12. The minimum atomic E-state index is 0.0217. The molecule has 0 spiro atoms. The first-order valence-electron chi connectivity index (χ1n) is 10.4. The second-order valence-electron chi connectivity index (χ2n) is 7.68. The number of unbranched alkanes of at least 4 members (excludes halogenated alkanes) is 8. The molecule has 0 radical (unpaired) electrons. The first-order chi connectivity index (χ1) is 11.8. The van der Waals surface area contributed by atoms with Gasteiger partial charge in [0.25, 0.3) is 0 Å². The van der Waals surface area contributed by atoms with E-state index in [-0.39, 0.29) is 5.97 Å². The molecule has 2 aliphatic rings. The number of carbonyl (C=O) groups excluding carboxylic acids is 1. The average molecular weight is 333 g/mol. The van der Waals surface area contributed by atoms with Crippen LogP contribution >= 0.6 is 0 Å². The van der Waals surface area contributed by atoms with Crippen LogP contribution in [0.25, 0.3) is 0 Å². The van der Waals surface area contributed by atoms with Gasteiger partial charge in [0, 0.05) is 19.3 Å². The first-order valence-corrected chi connectivity index (χ1v) is 10.4. The van der Waals surface area contributed by atoms with E-state index < -0.39 is 0 Å². The molecule has 24 heavy (non-hydrogen) atoms. The molecule has 2 nitrogen and oxygen atoms in total. The number of carbonyl (C=O) groups is 1. The molecule has 2 rings (SSSR count). The number of fused-ring (bicyclic) bond motifs is 1. The van der Waals surface area contributed by atoms with Gasteiger partial charge in [-0.2, -0.15) is 0 Å². The lowest BCUT2D eigenvalue weighted by Crippen LogP contribution is -2.08. The van der Waals surface area contributed by atoms with Gasteiger partial charge in [-0.3, -0.25) is 4.79 Å². The lowest BCUT2D eigenvalue weighted by molar-refractivity contribution is -0.144. The maximum absolute atomic E-state index is 11.9. The van der Waals surface area contributed by atoms with Gasteiger partial charge < -0.3 is 4.74 Å². The number of ether oxygens (including phenoxy) is 1. The molecule has 0 heterocycles. The summed E-state index contributed by atoms with van der Waals surface area (Å²) in [6.07, 6.45) is 16.7. The van der Waals surface area contributed by atoms with E-state index in [4.69, 9.17) is 4.74 Å². The van der Waals surface area contributed by atoms with Crippen molar-refractivity contribution in [2.24, 2.45) is 17.8 Å². The summed E-state index contributed by atoms with van der Waals surface area (Å²) in [5, 5.41) is 0. The molecule has 0 N–H and O–H groups in total. The predicted octanol–water partition coefficient (Wildman–Crippen LogP) is 5.89. The van der Waals surface area contributed by atoms with E-state index >= 15 is 0 Å². The van der Waals surface area contributed by atoms with E-state index in [9.17, 15) is 4.79 Å². The highest BCUT2D eigenvalue weighted by atomic mass is 16.5. The summed E-state index contributed by atoms with van der Waals surface area (Å²) in [6, 6.07) is 0. The predicted molar refractivity (Wildman–Crippen MR) is 99.5 cm³/mol. The van der Waals surface area contributed by atoms with Crippen LogP contribution in [0.3, 0.4) is 0 Å². The molecule has 0 aromatic rings. The number of rotatable bonds is 12. The molecule has 1 saturated carbocycles. The molecule has 1 unspecified atom stereocenters. The van der Waals surface area contributed by atoms with Gasteiger partial charge in [-0.25, -0.2) is 0 Å². The zero-order chi connectivity index (χ0) is 17.0. The standard InChI is InChI=1S/C22H36O2/c1-2-3-4-5-6-7-8-9-14-17-22(23)24-18-21-19-15-12-10-11-13-16-20(19)21/h19-21H,2-9,12-18H2,1H3/t19-,20+,21?. The van der Waals surface area contributed by atoms with Crippen LogP contribution in [0.1, 0.15) is 96.8 Å². The Balaban J connectivity index is 1.41. The van der Waals surface area contributed by atoms with E-state index in [1.54, 1.807) is 0 Å². The molecule has 1 fully saturated rings. The van der Waals surface area contributed by atoms with Gasteiger partial charge >= 0.3 is 5.97 Å². The number of hydrogen-bond acceptors (Lipinski definition) is 2. The second-order valence-corrected chi connectivity index (χ2v) is 7.68. The summed E-state index contributed by atoms with van der Waals surface area (Å²) in [5.41, 5.74) is 0. The van der Waals surface area contributed by atoms with Crippen LogP contribution in [0.2, 0.25) is 0 Å². The van der Waals surface area contributed by atoms with Crippen LogP contribution in [-0.4, -0.2) is 12.6 Å². The van der Waals surface area contributed by atoms with E-state index in [0.29, 0.717) is 18.9 Å². The van der Waals surface area contributed by atoms with Gasteiger partial charge in [0.05, 0.1) is 6.61 Å². The highest BCUT2D eigenvalue weighted by Crippen LogP contribution is 2.52. The van der Waals surface area contributed by atoms with Crippen molar-refractivity contribution in [3.8, 4) is 11.8 Å². The average Bonchev–Trinajstić information content (AvgIpc) is 3.21. The second kappa shape index (κ2) is 11.6. The minimum absolute atomic E-state index is 0.0217. The van der Waals surface area contributed by atoms with E-state index in [0.717, 1.165) is 31.1 Å². The molecule has 0 amide bonds. The van der Waals surface area contributed by atoms with Crippen molar-refractivity contribution in [2.45, 2.75) is 96.8 Å². The zero-order valence-corrected chi connectivity index (χ0v) is 15.7. The van der Waals surface area contributed by atoms with E-state index in [1.807, 2.05) is 0 Å². The van der Waals surface area contributed by atoms with Crippen LogP contribution in [0, 0.1) is 29.6 Å². The fourth-order valence-electron chi connectivity index (χ4n) is 4.12. The Kier molecular flexibility index (Phi) is 9.32. The molecule has 0 saturated heterocycles. The molecule has 0 bridgehead atoms. The van der Waals surface area contributed by atoms with Crippen LogP contribution in [0.15, 0.2) is 0 Å². The Morgan fingerprint density at radius 2 is 1.42 bits per heavy atom. The molecule has 136 valence electrons. The smallest absolute Gasteiger partial charge is 0.305 e. The Morgan fingerprint density at radius 3 is 2.00 bits per heavy atom. The summed E-state index contributed by atoms with van der Waals surface area (Å²) in [6.45, 7) is 2.92. The molecule has 2 heteroatoms. The molecular formula is C22H36O2. The highest BCUT2D eigenvalue weighted by molar-refractivity contribution is 5.69. The van der Waals surface area contributed by atoms with Crippen molar-refractivity contribution < 1.29 is 9.53 Å². The van der Waals surface area contributed by atoms with Gasteiger partial charge in [-0.05, 0) is 37.0 Å². The van der Waals surface area contributed by atoms with E-state index in [2.05, 4.69) is 18.8 Å². The van der Waals surface area contributed by atoms with Crippen LogP contribution in [-0.2, 0) is 9.53 Å². The normalized spacial score (nSPS) is 25.0. The summed E-state index contributed by atoms with van der Waals surface area (Å²) in [5.74, 6) is 8.66. The minimum Gasteiger partial charge on any atom is -0.465 e. The van der Waals surface area contributed by atoms with Crippen molar-refractivity contribution in [1.82, 2.24) is 0 Å².